The van der Waals surface area contributed by atoms with E-state index in [2.05, 4.69) is 0 Å². The van der Waals surface area contributed by atoms with Gasteiger partial charge in [-0.1, -0.05) is 0 Å². The van der Waals surface area contributed by atoms with E-state index in [4.69, 9.17) is 20.4 Å². The van der Waals surface area contributed by atoms with Crippen LogP contribution in [0.2, 0.25) is 0 Å². The van der Waals surface area contributed by atoms with Crippen LogP contribution >= 0.6 is 0 Å². The topological polar surface area (TPSA) is 156 Å². The molecule has 0 saturated heterocycles. The number of aliphatic carboxylic acids is 2. The molecule has 10 nitrogen and oxygen atoms in total. The van der Waals surface area contributed by atoms with Crippen molar-refractivity contribution >= 4 is 24.1 Å². The maximum absolute atomic E-state index is 10.9. The van der Waals surface area contributed by atoms with Gasteiger partial charge in [0.2, 0.25) is 0 Å². The van der Waals surface area contributed by atoms with Crippen LogP contribution in [-0.2, 0) is 9.59 Å². The predicted molar refractivity (Wildman–Crippen MR) is 51.2 cm³/mol. The van der Waals surface area contributed by atoms with E-state index in [0.717, 1.165) is 0 Å². The smallest absolute Gasteiger partial charge is 0.416 e. The molecule has 0 aromatic carbocycles. The average Bonchev–Trinajstić information content (AvgIpc) is 2.26. The third-order valence-corrected chi connectivity index (χ3v) is 1.89. The molecule has 0 bridgehead atoms. The van der Waals surface area contributed by atoms with Gasteiger partial charge >= 0.3 is 24.1 Å². The van der Waals surface area contributed by atoms with Gasteiger partial charge in [0.15, 0.2) is 11.4 Å². The molecular weight excluding hydrogens is 252 g/mol. The zero-order chi connectivity index (χ0) is 14.0. The van der Waals surface area contributed by atoms with Gasteiger partial charge in [0.05, 0.1) is 0 Å². The largest absolute Gasteiger partial charge is 0.476 e. The Morgan fingerprint density at radius 1 is 0.722 bits per heavy atom. The SMILES string of the molecule is O=C(O)C1=C(C(=O)O)N(C(=O)O)C=CN1C(=O)O. The Labute approximate surface area is 98.3 Å². The van der Waals surface area contributed by atoms with Crippen LogP contribution in [0.5, 0.6) is 0 Å². The maximum Gasteiger partial charge on any atom is 0.416 e. The minimum Gasteiger partial charge on any atom is -0.476 e. The molecule has 0 aromatic rings. The quantitative estimate of drug-likeness (QED) is 0.531. The lowest BCUT2D eigenvalue weighted by Crippen LogP contribution is -2.40. The first kappa shape index (κ1) is 13.0. The summed E-state index contributed by atoms with van der Waals surface area (Å²) >= 11 is 0. The average molecular weight is 258 g/mol. The Kier molecular flexibility index (Phi) is 3.22. The molecule has 0 aliphatic carbocycles. The van der Waals surface area contributed by atoms with Crippen molar-refractivity contribution in [1.82, 2.24) is 9.80 Å². The number of hydrogen-bond acceptors (Lipinski definition) is 4. The molecule has 0 spiro atoms. The first-order valence-electron chi connectivity index (χ1n) is 4.21. The first-order valence-corrected chi connectivity index (χ1v) is 4.21. The highest BCUT2D eigenvalue weighted by atomic mass is 16.4. The van der Waals surface area contributed by atoms with Crippen molar-refractivity contribution < 1.29 is 39.6 Å². The molecule has 10 heteroatoms. The zero-order valence-corrected chi connectivity index (χ0v) is 8.47. The molecule has 0 unspecified atom stereocenters. The lowest BCUT2D eigenvalue weighted by atomic mass is 10.2. The monoisotopic (exact) mass is 258 g/mol. The van der Waals surface area contributed by atoms with Gasteiger partial charge in [-0.3, -0.25) is 0 Å². The number of carboxylic acid groups (broad SMARTS) is 4. The number of nitrogens with zero attached hydrogens (tertiary/aromatic N) is 2. The molecule has 0 radical (unpaired) electrons. The van der Waals surface area contributed by atoms with Gasteiger partial charge in [-0.2, -0.15) is 0 Å². The Balaban J connectivity index is 3.50. The Morgan fingerprint density at radius 2 is 1.00 bits per heavy atom. The highest BCUT2D eigenvalue weighted by molar-refractivity contribution is 6.03. The summed E-state index contributed by atoms with van der Waals surface area (Å²) in [4.78, 5) is 43.4. The third kappa shape index (κ3) is 2.07. The number of rotatable bonds is 2. The van der Waals surface area contributed by atoms with Crippen molar-refractivity contribution in [1.29, 1.82) is 0 Å². The molecular formula is C8H6N2O8. The molecule has 4 N–H and O–H groups in total. The molecule has 1 heterocycles. The van der Waals surface area contributed by atoms with Gasteiger partial charge in [0.1, 0.15) is 0 Å². The van der Waals surface area contributed by atoms with Crippen molar-refractivity contribution in [3.05, 3.63) is 23.8 Å². The molecule has 0 saturated carbocycles. The fourth-order valence-electron chi connectivity index (χ4n) is 1.24. The molecule has 0 fully saturated rings. The number of hydrogen-bond donors (Lipinski definition) is 4. The molecule has 1 aliphatic heterocycles. The number of carbonyl (C=O) groups is 4. The van der Waals surface area contributed by atoms with Crippen LogP contribution in [0.4, 0.5) is 9.59 Å². The van der Waals surface area contributed by atoms with Crippen LogP contribution in [0, 0.1) is 0 Å². The third-order valence-electron chi connectivity index (χ3n) is 1.89. The highest BCUT2D eigenvalue weighted by Gasteiger charge is 2.37. The molecule has 0 aromatic heterocycles. The van der Waals surface area contributed by atoms with Gasteiger partial charge < -0.3 is 20.4 Å². The fraction of sp³-hybridized carbons (Fsp3) is 0. The second-order valence-electron chi connectivity index (χ2n) is 2.91. The van der Waals surface area contributed by atoms with Crippen molar-refractivity contribution in [2.75, 3.05) is 0 Å². The van der Waals surface area contributed by atoms with E-state index < -0.39 is 35.5 Å². The van der Waals surface area contributed by atoms with Crippen LogP contribution in [0.1, 0.15) is 0 Å². The van der Waals surface area contributed by atoms with Gasteiger partial charge in [0.25, 0.3) is 0 Å². The first-order chi connectivity index (χ1) is 8.27. The van der Waals surface area contributed by atoms with Crippen molar-refractivity contribution in [3.63, 3.8) is 0 Å². The molecule has 2 amide bonds. The lowest BCUT2D eigenvalue weighted by molar-refractivity contribution is -0.138. The molecule has 0 atom stereocenters. The summed E-state index contributed by atoms with van der Waals surface area (Å²) in [7, 11) is 0. The summed E-state index contributed by atoms with van der Waals surface area (Å²) in [6.45, 7) is 0. The van der Waals surface area contributed by atoms with Gasteiger partial charge in [-0.05, 0) is 0 Å². The summed E-state index contributed by atoms with van der Waals surface area (Å²) in [5.41, 5.74) is -2.36. The summed E-state index contributed by atoms with van der Waals surface area (Å²) in [5, 5.41) is 35.0. The van der Waals surface area contributed by atoms with E-state index in [1.54, 1.807) is 0 Å². The normalized spacial score (nSPS) is 14.7. The van der Waals surface area contributed by atoms with Crippen LogP contribution in [0.25, 0.3) is 0 Å². The minimum absolute atomic E-state index is 0.102. The Hall–Kier alpha value is -3.04. The van der Waals surface area contributed by atoms with E-state index in [9.17, 15) is 19.2 Å². The minimum atomic E-state index is -1.88. The lowest BCUT2D eigenvalue weighted by Gasteiger charge is -2.26. The van der Waals surface area contributed by atoms with Gasteiger partial charge in [-0.15, -0.1) is 0 Å². The number of amides is 2. The molecule has 1 aliphatic rings. The summed E-state index contributed by atoms with van der Waals surface area (Å²) in [5.74, 6) is -3.77. The standard InChI is InChI=1S/C8H6N2O8/c11-5(12)3-4(6(13)14)10(8(17)18)2-1-9(3)7(15)16/h1-2H,(H,11,12)(H,13,14)(H,15,16)(H,17,18). The van der Waals surface area contributed by atoms with E-state index in [0.29, 0.717) is 12.4 Å². The summed E-state index contributed by atoms with van der Waals surface area (Å²) in [6, 6.07) is 0. The number of carboxylic acids is 2. The van der Waals surface area contributed by atoms with Gasteiger partial charge in [-0.25, -0.2) is 29.0 Å². The highest BCUT2D eigenvalue weighted by Crippen LogP contribution is 2.22. The van der Waals surface area contributed by atoms with E-state index in [1.165, 1.54) is 0 Å². The van der Waals surface area contributed by atoms with E-state index >= 15 is 0 Å². The van der Waals surface area contributed by atoms with E-state index in [-0.39, 0.29) is 9.80 Å². The second kappa shape index (κ2) is 4.45. The molecule has 1 rings (SSSR count). The maximum atomic E-state index is 10.9. The van der Waals surface area contributed by atoms with Crippen molar-refractivity contribution in [2.45, 2.75) is 0 Å². The van der Waals surface area contributed by atoms with Crippen LogP contribution in [0.3, 0.4) is 0 Å². The summed E-state index contributed by atoms with van der Waals surface area (Å²) in [6.07, 6.45) is -2.28. The molecule has 18 heavy (non-hydrogen) atoms. The summed E-state index contributed by atoms with van der Waals surface area (Å²) < 4.78 is 0. The Morgan fingerprint density at radius 3 is 1.17 bits per heavy atom. The van der Waals surface area contributed by atoms with Gasteiger partial charge in [0, 0.05) is 12.4 Å². The molecule has 96 valence electrons. The van der Waals surface area contributed by atoms with Crippen LogP contribution < -0.4 is 0 Å². The Bertz CT molecular complexity index is 461. The van der Waals surface area contributed by atoms with Crippen LogP contribution in [-0.4, -0.2) is 54.4 Å². The van der Waals surface area contributed by atoms with E-state index in [1.807, 2.05) is 0 Å². The van der Waals surface area contributed by atoms with Crippen LogP contribution in [0.15, 0.2) is 23.8 Å². The van der Waals surface area contributed by atoms with Crippen molar-refractivity contribution in [2.24, 2.45) is 0 Å². The predicted octanol–water partition coefficient (Wildman–Crippen LogP) is -0.188. The second-order valence-corrected chi connectivity index (χ2v) is 2.91. The fourth-order valence-corrected chi connectivity index (χ4v) is 1.24. The zero-order valence-electron chi connectivity index (χ0n) is 8.47. The van der Waals surface area contributed by atoms with Crippen molar-refractivity contribution in [3.8, 4) is 0 Å².